The van der Waals surface area contributed by atoms with Crippen LogP contribution in [0, 0.1) is 6.92 Å². The van der Waals surface area contributed by atoms with Crippen molar-refractivity contribution in [2.45, 2.75) is 51.9 Å². The Morgan fingerprint density at radius 2 is 2.00 bits per heavy atom. The fourth-order valence-corrected chi connectivity index (χ4v) is 5.25. The number of aryl methyl sites for hydroxylation is 1. The average molecular weight is 475 g/mol. The lowest BCUT2D eigenvalue weighted by Crippen LogP contribution is -2.43. The molecule has 184 valence electrons. The molecule has 0 saturated carbocycles. The van der Waals surface area contributed by atoms with Crippen LogP contribution < -0.4 is 4.74 Å². The number of hydrogen-bond donors (Lipinski definition) is 1. The molecule has 1 atom stereocenters. The van der Waals surface area contributed by atoms with Crippen molar-refractivity contribution < 1.29 is 14.6 Å². The van der Waals surface area contributed by atoms with Gasteiger partial charge in [0.05, 0.1) is 19.8 Å². The number of methoxy groups -OCH3 is 1. The summed E-state index contributed by atoms with van der Waals surface area (Å²) in [7, 11) is 1.67. The summed E-state index contributed by atoms with van der Waals surface area (Å²) in [5.74, 6) is 0.744. The number of ether oxygens (including phenoxy) is 1. The van der Waals surface area contributed by atoms with E-state index in [-0.39, 0.29) is 5.91 Å². The Bertz CT molecular complexity index is 1200. The van der Waals surface area contributed by atoms with Gasteiger partial charge in [-0.25, -0.2) is 0 Å². The maximum absolute atomic E-state index is 13.6. The lowest BCUT2D eigenvalue weighted by Gasteiger charge is -2.31. The number of benzene rings is 2. The summed E-state index contributed by atoms with van der Waals surface area (Å²) in [6, 6.07) is 16.5. The predicted molar refractivity (Wildman–Crippen MR) is 134 cm³/mol. The van der Waals surface area contributed by atoms with E-state index in [2.05, 4.69) is 42.2 Å². The number of aliphatic hydroxyl groups is 1. The van der Waals surface area contributed by atoms with E-state index in [1.165, 1.54) is 11.1 Å². The molecule has 2 aliphatic heterocycles. The molecule has 35 heavy (non-hydrogen) atoms. The second kappa shape index (κ2) is 10.2. The van der Waals surface area contributed by atoms with Gasteiger partial charge in [-0.15, -0.1) is 0 Å². The Hall–Kier alpha value is -3.16. The molecule has 5 rings (SSSR count). The molecule has 1 fully saturated rings. The highest BCUT2D eigenvalue weighted by molar-refractivity contribution is 5.94. The van der Waals surface area contributed by atoms with Crippen LogP contribution in [0.25, 0.3) is 0 Å². The zero-order valence-electron chi connectivity index (χ0n) is 20.6. The number of carbonyl (C=O) groups is 1. The van der Waals surface area contributed by atoms with Gasteiger partial charge in [0.25, 0.3) is 5.91 Å². The largest absolute Gasteiger partial charge is 0.497 e. The monoisotopic (exact) mass is 474 g/mol. The van der Waals surface area contributed by atoms with E-state index >= 15 is 0 Å². The zero-order valence-corrected chi connectivity index (χ0v) is 20.6. The summed E-state index contributed by atoms with van der Waals surface area (Å²) in [5.41, 5.74) is 6.38. The second-order valence-electron chi connectivity index (χ2n) is 9.72. The van der Waals surface area contributed by atoms with Gasteiger partial charge < -0.3 is 14.7 Å². The molecular weight excluding hydrogens is 440 g/mol. The van der Waals surface area contributed by atoms with E-state index in [0.29, 0.717) is 31.9 Å². The number of carbonyl (C=O) groups excluding carboxylic acids is 1. The Balaban J connectivity index is 1.46. The minimum Gasteiger partial charge on any atom is -0.497 e. The third kappa shape index (κ3) is 5.11. The number of amides is 1. The van der Waals surface area contributed by atoms with Gasteiger partial charge >= 0.3 is 0 Å². The summed E-state index contributed by atoms with van der Waals surface area (Å²) in [4.78, 5) is 17.8. The number of aliphatic hydroxyl groups excluding tert-OH is 1. The molecule has 3 aromatic rings. The summed E-state index contributed by atoms with van der Waals surface area (Å²) >= 11 is 0. The maximum atomic E-state index is 13.6. The Kier molecular flexibility index (Phi) is 6.88. The van der Waals surface area contributed by atoms with Crippen molar-refractivity contribution in [1.82, 2.24) is 19.6 Å². The van der Waals surface area contributed by atoms with Crippen LogP contribution in [0.15, 0.2) is 48.5 Å². The molecule has 1 unspecified atom stereocenters. The van der Waals surface area contributed by atoms with Crippen molar-refractivity contribution in [3.05, 3.63) is 82.2 Å². The summed E-state index contributed by atoms with van der Waals surface area (Å²) in [6.45, 7) is 6.24. The molecule has 7 nitrogen and oxygen atoms in total. The molecule has 0 spiro atoms. The number of nitrogens with zero attached hydrogens (tertiary/aromatic N) is 4. The van der Waals surface area contributed by atoms with E-state index < -0.39 is 6.10 Å². The molecule has 0 bridgehead atoms. The van der Waals surface area contributed by atoms with Crippen molar-refractivity contribution in [3.8, 4) is 5.75 Å². The van der Waals surface area contributed by atoms with Crippen LogP contribution in [0.3, 0.4) is 0 Å². The van der Waals surface area contributed by atoms with Crippen molar-refractivity contribution in [1.29, 1.82) is 0 Å². The highest BCUT2D eigenvalue weighted by Gasteiger charge is 2.32. The Labute approximate surface area is 206 Å². The van der Waals surface area contributed by atoms with E-state index in [9.17, 15) is 9.90 Å². The van der Waals surface area contributed by atoms with E-state index in [0.717, 1.165) is 54.9 Å². The van der Waals surface area contributed by atoms with Gasteiger partial charge in [-0.1, -0.05) is 36.4 Å². The van der Waals surface area contributed by atoms with Crippen LogP contribution in [-0.4, -0.2) is 63.4 Å². The van der Waals surface area contributed by atoms with Crippen LogP contribution in [-0.2, 0) is 26.1 Å². The molecule has 0 aliphatic carbocycles. The van der Waals surface area contributed by atoms with E-state index in [1.54, 1.807) is 12.0 Å². The summed E-state index contributed by atoms with van der Waals surface area (Å²) in [5, 5.41) is 15.0. The average Bonchev–Trinajstić information content (AvgIpc) is 3.22. The van der Waals surface area contributed by atoms with Crippen LogP contribution in [0.2, 0.25) is 0 Å². The van der Waals surface area contributed by atoms with Gasteiger partial charge in [0.2, 0.25) is 0 Å². The van der Waals surface area contributed by atoms with Crippen LogP contribution in [0.4, 0.5) is 0 Å². The molecule has 1 N–H and O–H groups in total. The lowest BCUT2D eigenvalue weighted by atomic mass is 10.0. The fourth-order valence-electron chi connectivity index (χ4n) is 5.25. The number of aromatic nitrogens is 2. The van der Waals surface area contributed by atoms with Crippen molar-refractivity contribution in [3.63, 3.8) is 0 Å². The van der Waals surface area contributed by atoms with Crippen molar-refractivity contribution in [2.75, 3.05) is 26.7 Å². The number of rotatable bonds is 6. The molecule has 7 heteroatoms. The van der Waals surface area contributed by atoms with E-state index in [1.807, 2.05) is 22.9 Å². The summed E-state index contributed by atoms with van der Waals surface area (Å²) < 4.78 is 7.40. The third-order valence-electron chi connectivity index (χ3n) is 7.22. The minimum atomic E-state index is -0.458. The predicted octanol–water partition coefficient (Wildman–Crippen LogP) is 3.40. The van der Waals surface area contributed by atoms with Crippen LogP contribution in [0.5, 0.6) is 5.75 Å². The Morgan fingerprint density at radius 3 is 2.80 bits per heavy atom. The molecule has 0 radical (unpaired) electrons. The van der Waals surface area contributed by atoms with Gasteiger partial charge in [-0.3, -0.25) is 14.4 Å². The topological polar surface area (TPSA) is 70.8 Å². The standard InChI is InChI=1S/C28H34N4O3/c1-20-7-3-4-9-22(20)17-30-14-12-26-25(19-30)27(28(34)31-13-6-10-23(33)18-31)29-32(26)16-21-8-5-11-24(15-21)35-2/h3-5,7-9,11,15,23,33H,6,10,12-14,16-19H2,1-2H3. The number of β-amino-alcohol motifs (C(OH)–C–C–N with tert-alkyl or cyclic N) is 1. The van der Waals surface area contributed by atoms with Gasteiger partial charge in [-0.05, 0) is 48.6 Å². The first-order valence-electron chi connectivity index (χ1n) is 12.5. The van der Waals surface area contributed by atoms with E-state index in [4.69, 9.17) is 9.84 Å². The normalized spacial score (nSPS) is 18.4. The maximum Gasteiger partial charge on any atom is 0.274 e. The summed E-state index contributed by atoms with van der Waals surface area (Å²) in [6.07, 6.45) is 1.95. The first kappa shape index (κ1) is 23.6. The highest BCUT2D eigenvalue weighted by Crippen LogP contribution is 2.27. The van der Waals surface area contributed by atoms with Gasteiger partial charge in [0, 0.05) is 50.4 Å². The molecule has 1 aromatic heterocycles. The van der Waals surface area contributed by atoms with Gasteiger partial charge in [-0.2, -0.15) is 5.10 Å². The van der Waals surface area contributed by atoms with Crippen LogP contribution >= 0.6 is 0 Å². The smallest absolute Gasteiger partial charge is 0.274 e. The number of hydrogen-bond acceptors (Lipinski definition) is 5. The molecule has 1 amide bonds. The zero-order chi connectivity index (χ0) is 24.4. The second-order valence-corrected chi connectivity index (χ2v) is 9.72. The lowest BCUT2D eigenvalue weighted by molar-refractivity contribution is 0.0466. The number of piperidine rings is 1. The minimum absolute atomic E-state index is 0.0675. The highest BCUT2D eigenvalue weighted by atomic mass is 16.5. The molecular formula is C28H34N4O3. The third-order valence-corrected chi connectivity index (χ3v) is 7.22. The van der Waals surface area contributed by atoms with Crippen LogP contribution in [0.1, 0.15) is 51.3 Å². The number of likely N-dealkylation sites (tertiary alicyclic amines) is 1. The first-order chi connectivity index (χ1) is 17.0. The Morgan fingerprint density at radius 1 is 1.14 bits per heavy atom. The quantitative estimate of drug-likeness (QED) is 0.593. The first-order valence-corrected chi connectivity index (χ1v) is 12.5. The molecule has 2 aromatic carbocycles. The molecule has 3 heterocycles. The molecule has 2 aliphatic rings. The molecule has 1 saturated heterocycles. The van der Waals surface area contributed by atoms with Gasteiger partial charge in [0.1, 0.15) is 5.75 Å². The number of fused-ring (bicyclic) bond motifs is 1. The fraction of sp³-hybridized carbons (Fsp3) is 0.429. The van der Waals surface area contributed by atoms with Crippen molar-refractivity contribution >= 4 is 5.91 Å². The van der Waals surface area contributed by atoms with Crippen molar-refractivity contribution in [2.24, 2.45) is 0 Å². The SMILES string of the molecule is COc1cccc(Cn2nc(C(=O)N3CCCC(O)C3)c3c2CCN(Cc2ccccc2C)C3)c1. The van der Waals surface area contributed by atoms with Gasteiger partial charge in [0.15, 0.2) is 5.69 Å².